The molecule has 2 atom stereocenters. The van der Waals surface area contributed by atoms with Crippen LogP contribution in [0.25, 0.3) is 0 Å². The maximum absolute atomic E-state index is 12.3. The van der Waals surface area contributed by atoms with Gasteiger partial charge < -0.3 is 20.1 Å². The largest absolute Gasteiger partial charge is 0.444 e. The molecule has 0 aromatic carbocycles. The lowest BCUT2D eigenvalue weighted by Gasteiger charge is -2.32. The zero-order valence-electron chi connectivity index (χ0n) is 14.7. The number of carbonyl (C=O) groups excluding carboxylic acids is 2. The van der Waals surface area contributed by atoms with Crippen LogP contribution in [-0.4, -0.2) is 42.4 Å². The lowest BCUT2D eigenvalue weighted by Crippen LogP contribution is -2.56. The monoisotopic (exact) mass is 326 g/mol. The number of nitrogens with one attached hydrogen (secondary N) is 2. The Hall–Kier alpha value is -1.30. The highest BCUT2D eigenvalue weighted by Crippen LogP contribution is 2.39. The van der Waals surface area contributed by atoms with Crippen molar-refractivity contribution in [3.63, 3.8) is 0 Å². The molecule has 23 heavy (non-hydrogen) atoms. The molecule has 1 saturated heterocycles. The fourth-order valence-electron chi connectivity index (χ4n) is 2.96. The standard InChI is InChI=1S/C17H30N2O4/c1-16(2,3)23-15(21)18-11-17(4,12-7-8-12)19-14(20)10-13-6-5-9-22-13/h12-13H,5-11H2,1-4H3,(H,18,21)(H,19,20)/t13-,17-/m1/s1. The number of ether oxygens (including phenoxy) is 2. The van der Waals surface area contributed by atoms with Gasteiger partial charge in [0.2, 0.25) is 5.91 Å². The minimum atomic E-state index is -0.525. The Morgan fingerprint density at radius 2 is 1.87 bits per heavy atom. The molecule has 0 radical (unpaired) electrons. The summed E-state index contributed by atoms with van der Waals surface area (Å²) in [5.41, 5.74) is -0.949. The molecule has 1 heterocycles. The molecule has 2 aliphatic rings. The Bertz CT molecular complexity index is 436. The molecule has 6 heteroatoms. The highest BCUT2D eigenvalue weighted by molar-refractivity contribution is 5.77. The van der Waals surface area contributed by atoms with E-state index in [1.165, 1.54) is 0 Å². The molecular weight excluding hydrogens is 296 g/mol. The van der Waals surface area contributed by atoms with Crippen LogP contribution in [0.15, 0.2) is 0 Å². The Kier molecular flexibility index (Phi) is 5.55. The van der Waals surface area contributed by atoms with Gasteiger partial charge in [0.1, 0.15) is 5.60 Å². The predicted octanol–water partition coefficient (Wildman–Crippen LogP) is 2.37. The Morgan fingerprint density at radius 3 is 2.39 bits per heavy atom. The van der Waals surface area contributed by atoms with Gasteiger partial charge in [0.15, 0.2) is 0 Å². The summed E-state index contributed by atoms with van der Waals surface area (Å²) in [5.74, 6) is 0.406. The van der Waals surface area contributed by atoms with Crippen molar-refractivity contribution in [1.82, 2.24) is 10.6 Å². The first-order chi connectivity index (χ1) is 10.7. The zero-order valence-corrected chi connectivity index (χ0v) is 14.7. The molecule has 0 aromatic rings. The Morgan fingerprint density at radius 1 is 1.17 bits per heavy atom. The molecule has 1 aliphatic heterocycles. The molecule has 0 aromatic heterocycles. The van der Waals surface area contributed by atoms with Crippen LogP contribution in [0.2, 0.25) is 0 Å². The fourth-order valence-corrected chi connectivity index (χ4v) is 2.96. The lowest BCUT2D eigenvalue weighted by molar-refractivity contribution is -0.125. The van der Waals surface area contributed by atoms with E-state index in [1.54, 1.807) is 0 Å². The van der Waals surface area contributed by atoms with Gasteiger partial charge in [0, 0.05) is 13.2 Å². The van der Waals surface area contributed by atoms with Gasteiger partial charge in [-0.2, -0.15) is 0 Å². The van der Waals surface area contributed by atoms with Gasteiger partial charge in [0.25, 0.3) is 0 Å². The third kappa shape index (κ3) is 6.01. The van der Waals surface area contributed by atoms with Crippen molar-refractivity contribution in [2.75, 3.05) is 13.2 Å². The van der Waals surface area contributed by atoms with Gasteiger partial charge in [-0.05, 0) is 59.3 Å². The summed E-state index contributed by atoms with van der Waals surface area (Å²) in [7, 11) is 0. The minimum Gasteiger partial charge on any atom is -0.444 e. The van der Waals surface area contributed by atoms with Crippen LogP contribution in [0.4, 0.5) is 4.79 Å². The summed E-state index contributed by atoms with van der Waals surface area (Å²) in [6, 6.07) is 0. The first-order valence-electron chi connectivity index (χ1n) is 8.57. The third-order valence-electron chi connectivity index (χ3n) is 4.34. The van der Waals surface area contributed by atoms with Crippen molar-refractivity contribution in [2.24, 2.45) is 5.92 Å². The second kappa shape index (κ2) is 7.07. The van der Waals surface area contributed by atoms with Crippen molar-refractivity contribution >= 4 is 12.0 Å². The first-order valence-corrected chi connectivity index (χ1v) is 8.57. The molecule has 0 bridgehead atoms. The van der Waals surface area contributed by atoms with Gasteiger partial charge in [-0.3, -0.25) is 4.79 Å². The number of amides is 2. The minimum absolute atomic E-state index is 0.00251. The number of rotatable bonds is 6. The van der Waals surface area contributed by atoms with E-state index in [2.05, 4.69) is 10.6 Å². The number of alkyl carbamates (subject to hydrolysis) is 1. The first kappa shape index (κ1) is 18.0. The van der Waals surface area contributed by atoms with E-state index in [0.717, 1.165) is 32.3 Å². The van der Waals surface area contributed by atoms with Gasteiger partial charge in [-0.25, -0.2) is 4.79 Å². The van der Waals surface area contributed by atoms with Crippen molar-refractivity contribution in [2.45, 2.75) is 77.0 Å². The SMILES string of the molecule is CC(C)(C)OC(=O)NC[C@@](C)(NC(=O)C[C@H]1CCCO1)C1CC1. The normalized spacial score (nSPS) is 23.9. The van der Waals surface area contributed by atoms with Crippen LogP contribution < -0.4 is 10.6 Å². The van der Waals surface area contributed by atoms with Crippen molar-refractivity contribution < 1.29 is 19.1 Å². The van der Waals surface area contributed by atoms with E-state index in [9.17, 15) is 9.59 Å². The maximum atomic E-state index is 12.3. The average Bonchev–Trinajstić information content (AvgIpc) is 3.15. The molecule has 6 nitrogen and oxygen atoms in total. The summed E-state index contributed by atoms with van der Waals surface area (Å²) < 4.78 is 10.8. The lowest BCUT2D eigenvalue weighted by atomic mass is 9.95. The van der Waals surface area contributed by atoms with Crippen molar-refractivity contribution in [1.29, 1.82) is 0 Å². The molecule has 2 amide bonds. The highest BCUT2D eigenvalue weighted by Gasteiger charge is 2.43. The van der Waals surface area contributed by atoms with Gasteiger partial charge >= 0.3 is 6.09 Å². The number of hydrogen-bond acceptors (Lipinski definition) is 4. The molecule has 1 saturated carbocycles. The van der Waals surface area contributed by atoms with E-state index in [0.29, 0.717) is 18.9 Å². The van der Waals surface area contributed by atoms with Crippen LogP contribution in [0.5, 0.6) is 0 Å². The third-order valence-corrected chi connectivity index (χ3v) is 4.34. The molecule has 2 fully saturated rings. The summed E-state index contributed by atoms with van der Waals surface area (Å²) >= 11 is 0. The van der Waals surface area contributed by atoms with Crippen LogP contribution >= 0.6 is 0 Å². The number of hydrogen-bond donors (Lipinski definition) is 2. The molecule has 132 valence electrons. The summed E-state index contributed by atoms with van der Waals surface area (Å²) in [6.07, 6.45) is 4.12. The smallest absolute Gasteiger partial charge is 0.407 e. The van der Waals surface area contributed by atoms with Gasteiger partial charge in [-0.15, -0.1) is 0 Å². The molecule has 0 unspecified atom stereocenters. The summed E-state index contributed by atoms with van der Waals surface area (Å²) in [6.45, 7) is 8.61. The summed E-state index contributed by atoms with van der Waals surface area (Å²) in [4.78, 5) is 24.1. The molecular formula is C17H30N2O4. The zero-order chi connectivity index (χ0) is 17.1. The second-order valence-corrected chi connectivity index (χ2v) is 7.93. The van der Waals surface area contributed by atoms with Gasteiger partial charge in [-0.1, -0.05) is 0 Å². The van der Waals surface area contributed by atoms with E-state index in [-0.39, 0.29) is 12.0 Å². The van der Waals surface area contributed by atoms with Crippen LogP contribution in [0.3, 0.4) is 0 Å². The second-order valence-electron chi connectivity index (χ2n) is 7.93. The number of carbonyl (C=O) groups is 2. The van der Waals surface area contributed by atoms with Crippen molar-refractivity contribution in [3.8, 4) is 0 Å². The fraction of sp³-hybridized carbons (Fsp3) is 0.882. The van der Waals surface area contributed by atoms with Crippen LogP contribution in [0, 0.1) is 5.92 Å². The van der Waals surface area contributed by atoms with E-state index in [4.69, 9.17) is 9.47 Å². The predicted molar refractivity (Wildman–Crippen MR) is 87.1 cm³/mol. The quantitative estimate of drug-likeness (QED) is 0.785. The highest BCUT2D eigenvalue weighted by atomic mass is 16.6. The topological polar surface area (TPSA) is 76.7 Å². The van der Waals surface area contributed by atoms with Crippen LogP contribution in [0.1, 0.15) is 59.8 Å². The summed E-state index contributed by atoms with van der Waals surface area (Å²) in [5, 5.41) is 5.90. The molecule has 2 N–H and O–H groups in total. The van der Waals surface area contributed by atoms with Gasteiger partial charge in [0.05, 0.1) is 18.1 Å². The van der Waals surface area contributed by atoms with Crippen molar-refractivity contribution in [3.05, 3.63) is 0 Å². The maximum Gasteiger partial charge on any atom is 0.407 e. The van der Waals surface area contributed by atoms with E-state index < -0.39 is 17.2 Å². The molecule has 1 aliphatic carbocycles. The van der Waals surface area contributed by atoms with E-state index >= 15 is 0 Å². The Labute approximate surface area is 138 Å². The average molecular weight is 326 g/mol. The van der Waals surface area contributed by atoms with E-state index in [1.807, 2.05) is 27.7 Å². The Balaban J connectivity index is 1.83. The molecule has 2 rings (SSSR count). The molecule has 0 spiro atoms. The van der Waals surface area contributed by atoms with Crippen LogP contribution in [-0.2, 0) is 14.3 Å².